The highest BCUT2D eigenvalue weighted by atomic mass is 79.9. The van der Waals surface area contributed by atoms with E-state index in [1.54, 1.807) is 19.2 Å². The molecule has 7 heteroatoms. The summed E-state index contributed by atoms with van der Waals surface area (Å²) in [6.07, 6.45) is 11.9. The Kier molecular flexibility index (Phi) is 4.45. The summed E-state index contributed by atoms with van der Waals surface area (Å²) < 4.78 is 6.29. The molecule has 0 radical (unpaired) electrons. The molecule has 0 aromatic carbocycles. The van der Waals surface area contributed by atoms with Gasteiger partial charge in [0.2, 0.25) is 11.7 Å². The topological polar surface area (TPSA) is 91.3 Å². The van der Waals surface area contributed by atoms with Crippen molar-refractivity contribution in [2.24, 2.45) is 45.4 Å². The summed E-state index contributed by atoms with van der Waals surface area (Å²) in [6, 6.07) is 3.80. The maximum atomic E-state index is 11.4. The molecule has 6 nitrogen and oxygen atoms in total. The molecular formula is C27H29BrN4O2. The summed E-state index contributed by atoms with van der Waals surface area (Å²) in [5, 5.41) is 13.0. The fourth-order valence-electron chi connectivity index (χ4n) is 9.06. The molecule has 1 N–H and O–H groups in total. The standard InChI is InChI=1S/C27H29BrN4O2/c1-14(33)30-12-15-6-16-9-26(24(16)27(26)10-18(27)7-15)17-2-4-19(5-3-17)32-25-23(28)21-8-20(11-29)34-22(21)13-31-25/h8,13,15-18,24H,2-7,9-10,12H2,1H3,(H,30,33)/t15?,16?,17?,18-,24?,26?,27?/m1/s1. The Bertz CT molecular complexity index is 1280. The van der Waals surface area contributed by atoms with Crippen molar-refractivity contribution in [3.05, 3.63) is 22.5 Å². The number of rotatable bonds is 4. The quantitative estimate of drug-likeness (QED) is 0.541. The van der Waals surface area contributed by atoms with Gasteiger partial charge in [0.15, 0.2) is 11.4 Å². The molecule has 1 amide bonds. The minimum atomic E-state index is 0.112. The summed E-state index contributed by atoms with van der Waals surface area (Å²) in [5.74, 6) is 5.44. The number of furan rings is 1. The summed E-state index contributed by atoms with van der Waals surface area (Å²) in [7, 11) is 0. The molecule has 5 aliphatic rings. The molecule has 2 aromatic rings. The predicted molar refractivity (Wildman–Crippen MR) is 131 cm³/mol. The zero-order chi connectivity index (χ0) is 23.2. The molecule has 5 aliphatic carbocycles. The van der Waals surface area contributed by atoms with E-state index in [4.69, 9.17) is 14.7 Å². The first-order valence-corrected chi connectivity index (χ1v) is 13.5. The molecule has 6 atom stereocenters. The van der Waals surface area contributed by atoms with Crippen LogP contribution < -0.4 is 5.32 Å². The van der Waals surface area contributed by atoms with Gasteiger partial charge in [-0.25, -0.2) is 9.98 Å². The van der Waals surface area contributed by atoms with Gasteiger partial charge in [0.1, 0.15) is 6.07 Å². The number of aromatic nitrogens is 1. The largest absolute Gasteiger partial charge is 0.444 e. The van der Waals surface area contributed by atoms with Gasteiger partial charge in [0.25, 0.3) is 0 Å². The van der Waals surface area contributed by atoms with Crippen LogP contribution in [-0.2, 0) is 4.79 Å². The van der Waals surface area contributed by atoms with Crippen LogP contribution in [-0.4, -0.2) is 23.1 Å². The van der Waals surface area contributed by atoms with Crippen LogP contribution in [0, 0.1) is 51.8 Å². The van der Waals surface area contributed by atoms with E-state index in [-0.39, 0.29) is 5.91 Å². The lowest BCUT2D eigenvalue weighted by Crippen LogP contribution is -2.38. The molecule has 2 heterocycles. The lowest BCUT2D eigenvalue weighted by Gasteiger charge is -2.44. The molecule has 0 saturated heterocycles. The molecule has 5 fully saturated rings. The van der Waals surface area contributed by atoms with Crippen LogP contribution in [0.15, 0.2) is 26.1 Å². The van der Waals surface area contributed by atoms with Crippen molar-refractivity contribution in [1.82, 2.24) is 10.3 Å². The molecular weight excluding hydrogens is 492 g/mol. The minimum Gasteiger partial charge on any atom is -0.444 e. The van der Waals surface area contributed by atoms with E-state index in [1.165, 1.54) is 44.2 Å². The Labute approximate surface area is 207 Å². The average Bonchev–Trinajstić information content (AvgIpc) is 3.51. The maximum Gasteiger partial charge on any atom is 0.216 e. The van der Waals surface area contributed by atoms with Crippen LogP contribution in [0.5, 0.6) is 0 Å². The van der Waals surface area contributed by atoms with E-state index in [9.17, 15) is 4.79 Å². The van der Waals surface area contributed by atoms with Crippen molar-refractivity contribution in [3.63, 3.8) is 0 Å². The highest BCUT2D eigenvalue weighted by molar-refractivity contribution is 9.10. The third-order valence-electron chi connectivity index (χ3n) is 10.2. The van der Waals surface area contributed by atoms with E-state index in [2.05, 4.69) is 26.2 Å². The van der Waals surface area contributed by atoms with E-state index in [0.717, 1.165) is 52.9 Å². The Morgan fingerprint density at radius 1 is 1.29 bits per heavy atom. The number of nitriles is 1. The fraction of sp³-hybridized carbons (Fsp3) is 0.630. The molecule has 1 spiro atoms. The van der Waals surface area contributed by atoms with Crippen molar-refractivity contribution in [3.8, 4) is 6.07 Å². The number of hydrogen-bond donors (Lipinski definition) is 1. The molecule has 2 aromatic heterocycles. The van der Waals surface area contributed by atoms with Gasteiger partial charge in [-0.1, -0.05) is 0 Å². The van der Waals surface area contributed by atoms with Gasteiger partial charge in [-0.3, -0.25) is 4.79 Å². The number of aliphatic imine (C=N–C) groups is 1. The third-order valence-corrected chi connectivity index (χ3v) is 11.0. The second kappa shape index (κ2) is 7.16. The number of carbonyl (C=O) groups excluding carboxylic acids is 1. The SMILES string of the molecule is CC(=O)NCC1CC2CC3(C4CCC(=Nc5ncc6oc(C#N)cc6c5Br)CC4)C2C32C[C@H]2C1. The Balaban J connectivity index is 1.03. The molecule has 0 bridgehead atoms. The monoisotopic (exact) mass is 520 g/mol. The van der Waals surface area contributed by atoms with E-state index < -0.39 is 0 Å². The predicted octanol–water partition coefficient (Wildman–Crippen LogP) is 5.91. The molecule has 34 heavy (non-hydrogen) atoms. The first-order chi connectivity index (χ1) is 16.5. The number of nitrogens with one attached hydrogen (secondary N) is 1. The normalized spacial score (nSPS) is 39.2. The highest BCUT2D eigenvalue weighted by Crippen LogP contribution is 2.99. The first-order valence-electron chi connectivity index (χ1n) is 12.8. The van der Waals surface area contributed by atoms with Crippen molar-refractivity contribution < 1.29 is 9.21 Å². The third kappa shape index (κ3) is 2.75. The van der Waals surface area contributed by atoms with Gasteiger partial charge in [0.05, 0.1) is 10.7 Å². The summed E-state index contributed by atoms with van der Waals surface area (Å²) in [6.45, 7) is 2.52. The number of amides is 1. The molecule has 5 saturated carbocycles. The van der Waals surface area contributed by atoms with Crippen LogP contribution >= 0.6 is 15.9 Å². The van der Waals surface area contributed by atoms with Gasteiger partial charge in [-0.05, 0) is 108 Å². The number of carbonyl (C=O) groups is 1. The zero-order valence-electron chi connectivity index (χ0n) is 19.4. The van der Waals surface area contributed by atoms with Crippen molar-refractivity contribution in [2.45, 2.75) is 58.3 Å². The number of pyridine rings is 1. The van der Waals surface area contributed by atoms with Gasteiger partial charge in [0, 0.05) is 30.6 Å². The van der Waals surface area contributed by atoms with Crippen LogP contribution in [0.25, 0.3) is 11.0 Å². The highest BCUT2D eigenvalue weighted by Gasteiger charge is 2.93. The first kappa shape index (κ1) is 21.1. The van der Waals surface area contributed by atoms with Gasteiger partial charge in [-0.15, -0.1) is 0 Å². The fourth-order valence-corrected chi connectivity index (χ4v) is 9.56. The number of nitrogens with zero attached hydrogens (tertiary/aromatic N) is 3. The molecule has 0 aliphatic heterocycles. The lowest BCUT2D eigenvalue weighted by atomic mass is 9.61. The lowest BCUT2D eigenvalue weighted by molar-refractivity contribution is -0.119. The second-order valence-electron chi connectivity index (χ2n) is 11.5. The van der Waals surface area contributed by atoms with E-state index in [0.29, 0.717) is 33.9 Å². The van der Waals surface area contributed by atoms with Crippen LogP contribution in [0.3, 0.4) is 0 Å². The van der Waals surface area contributed by atoms with Crippen molar-refractivity contribution >= 4 is 44.3 Å². The molecule has 7 rings (SSSR count). The number of fused-ring (bicyclic) bond motifs is 1. The van der Waals surface area contributed by atoms with Crippen molar-refractivity contribution in [2.75, 3.05) is 6.54 Å². The van der Waals surface area contributed by atoms with Crippen LogP contribution in [0.2, 0.25) is 0 Å². The number of halogens is 1. The molecule has 5 unspecified atom stereocenters. The molecule has 176 valence electrons. The average molecular weight is 521 g/mol. The maximum absolute atomic E-state index is 11.4. The van der Waals surface area contributed by atoms with E-state index >= 15 is 0 Å². The van der Waals surface area contributed by atoms with Crippen molar-refractivity contribution in [1.29, 1.82) is 5.26 Å². The minimum absolute atomic E-state index is 0.112. The van der Waals surface area contributed by atoms with Crippen LogP contribution in [0.4, 0.5) is 5.82 Å². The van der Waals surface area contributed by atoms with Crippen LogP contribution in [0.1, 0.15) is 64.1 Å². The van der Waals surface area contributed by atoms with Gasteiger partial charge in [-0.2, -0.15) is 5.26 Å². The Morgan fingerprint density at radius 2 is 2.09 bits per heavy atom. The van der Waals surface area contributed by atoms with Gasteiger partial charge < -0.3 is 9.73 Å². The number of hydrogen-bond acceptors (Lipinski definition) is 5. The summed E-state index contributed by atoms with van der Waals surface area (Å²) in [4.78, 5) is 20.8. The van der Waals surface area contributed by atoms with Gasteiger partial charge >= 0.3 is 0 Å². The summed E-state index contributed by atoms with van der Waals surface area (Å²) >= 11 is 3.63. The Morgan fingerprint density at radius 3 is 2.85 bits per heavy atom. The van der Waals surface area contributed by atoms with E-state index in [1.807, 2.05) is 6.07 Å². The summed E-state index contributed by atoms with van der Waals surface area (Å²) in [5.41, 5.74) is 3.19. The second-order valence-corrected chi connectivity index (χ2v) is 12.3. The zero-order valence-corrected chi connectivity index (χ0v) is 21.0. The smallest absolute Gasteiger partial charge is 0.216 e. The Hall–Kier alpha value is -2.20.